The van der Waals surface area contributed by atoms with Gasteiger partial charge in [-0.05, 0) is 135 Å². The van der Waals surface area contributed by atoms with Crippen LogP contribution in [0.15, 0.2) is 237 Å². The highest BCUT2D eigenvalue weighted by Gasteiger charge is 2.46. The van der Waals surface area contributed by atoms with Crippen molar-refractivity contribution in [3.05, 3.63) is 270 Å². The summed E-state index contributed by atoms with van der Waals surface area (Å²) in [7, 11) is 0. The van der Waals surface area contributed by atoms with E-state index in [1.165, 1.54) is 105 Å². The number of anilines is 3. The molecule has 0 aliphatic heterocycles. The van der Waals surface area contributed by atoms with Crippen molar-refractivity contribution in [2.24, 2.45) is 0 Å². The maximum absolute atomic E-state index is 2.55. The van der Waals surface area contributed by atoms with Crippen molar-refractivity contribution in [3.8, 4) is 33.4 Å². The Hall–Kier alpha value is -8.00. The van der Waals surface area contributed by atoms with E-state index >= 15 is 0 Å². The minimum atomic E-state index is -0.524. The van der Waals surface area contributed by atoms with Crippen molar-refractivity contribution >= 4 is 49.4 Å². The molecule has 0 unspecified atom stereocenters. The van der Waals surface area contributed by atoms with Gasteiger partial charge in [-0.15, -0.1) is 0 Å². The van der Waals surface area contributed by atoms with Crippen LogP contribution in [-0.2, 0) is 10.8 Å². The van der Waals surface area contributed by atoms with Gasteiger partial charge < -0.3 is 4.90 Å². The van der Waals surface area contributed by atoms with E-state index in [4.69, 9.17) is 0 Å². The van der Waals surface area contributed by atoms with E-state index in [9.17, 15) is 0 Å². The van der Waals surface area contributed by atoms with Gasteiger partial charge >= 0.3 is 0 Å². The third-order valence-electron chi connectivity index (χ3n) is 14.7. The Morgan fingerprint density at radius 1 is 0.308 bits per heavy atom. The number of benzene rings is 11. The Morgan fingerprint density at radius 2 is 0.800 bits per heavy atom. The van der Waals surface area contributed by atoms with E-state index in [-0.39, 0.29) is 5.41 Å². The van der Waals surface area contributed by atoms with Crippen molar-refractivity contribution in [2.75, 3.05) is 4.90 Å². The van der Waals surface area contributed by atoms with Crippen LogP contribution in [0.1, 0.15) is 47.2 Å². The van der Waals surface area contributed by atoms with Crippen molar-refractivity contribution in [2.45, 2.75) is 24.7 Å². The maximum Gasteiger partial charge on any atom is 0.0714 e. The fourth-order valence-electron chi connectivity index (χ4n) is 11.9. The molecule has 0 atom stereocenters. The number of nitrogens with zero attached hydrogens (tertiary/aromatic N) is 1. The standard InChI is InChI=1S/C64H45N/c1-63(2)58-32-15-13-30-54(58)56-31-18-34-61(62(56)63)65(46-24-17-19-42(39-46)43-35-37-52-50-27-10-9-25-48(50)49-26-11-12-28-51(49)57(52)40-43)47-36-38-55-53-29-14-16-33-59(53)64(60(55)41-47,44-20-5-3-6-21-44)45-22-7-4-8-23-45/h3-41H,1-2H3. The van der Waals surface area contributed by atoms with E-state index in [2.05, 4.69) is 255 Å². The molecular weight excluding hydrogens is 783 g/mol. The summed E-state index contributed by atoms with van der Waals surface area (Å²) in [5.41, 5.74) is 18.1. The zero-order chi connectivity index (χ0) is 43.3. The van der Waals surface area contributed by atoms with Crippen molar-refractivity contribution in [3.63, 3.8) is 0 Å². The van der Waals surface area contributed by atoms with Gasteiger partial charge in [-0.1, -0.05) is 214 Å². The molecule has 0 bridgehead atoms. The molecule has 1 nitrogen and oxygen atoms in total. The van der Waals surface area contributed by atoms with Gasteiger partial charge in [0.1, 0.15) is 0 Å². The summed E-state index contributed by atoms with van der Waals surface area (Å²) < 4.78 is 0. The molecule has 0 amide bonds. The van der Waals surface area contributed by atoms with Crippen LogP contribution in [0.3, 0.4) is 0 Å². The van der Waals surface area contributed by atoms with Crippen molar-refractivity contribution < 1.29 is 0 Å². The van der Waals surface area contributed by atoms with Gasteiger partial charge in [-0.2, -0.15) is 0 Å². The highest BCUT2D eigenvalue weighted by molar-refractivity contribution is 6.25. The lowest BCUT2D eigenvalue weighted by molar-refractivity contribution is 0.661. The highest BCUT2D eigenvalue weighted by atomic mass is 15.1. The van der Waals surface area contributed by atoms with Crippen LogP contribution in [0, 0.1) is 0 Å². The number of fused-ring (bicyclic) bond motifs is 12. The van der Waals surface area contributed by atoms with E-state index in [1.54, 1.807) is 0 Å². The molecule has 2 aliphatic rings. The van der Waals surface area contributed by atoms with Gasteiger partial charge in [0.25, 0.3) is 0 Å². The zero-order valence-corrected chi connectivity index (χ0v) is 36.5. The smallest absolute Gasteiger partial charge is 0.0714 e. The first-order valence-electron chi connectivity index (χ1n) is 22.8. The first-order valence-corrected chi connectivity index (χ1v) is 22.8. The molecular formula is C64H45N. The lowest BCUT2D eigenvalue weighted by atomic mass is 9.67. The second-order valence-corrected chi connectivity index (χ2v) is 18.4. The minimum Gasteiger partial charge on any atom is -0.310 e. The van der Waals surface area contributed by atoms with Gasteiger partial charge in [0, 0.05) is 16.8 Å². The van der Waals surface area contributed by atoms with Crippen LogP contribution in [0.2, 0.25) is 0 Å². The molecule has 0 spiro atoms. The summed E-state index contributed by atoms with van der Waals surface area (Å²) in [4.78, 5) is 2.55. The van der Waals surface area contributed by atoms with Gasteiger partial charge in [0.15, 0.2) is 0 Å². The Kier molecular flexibility index (Phi) is 8.24. The second kappa shape index (κ2) is 14.3. The van der Waals surface area contributed by atoms with Crippen molar-refractivity contribution in [1.82, 2.24) is 0 Å². The predicted octanol–water partition coefficient (Wildman–Crippen LogP) is 17.0. The molecule has 0 heterocycles. The van der Waals surface area contributed by atoms with Gasteiger partial charge in [-0.25, -0.2) is 0 Å². The molecule has 0 aromatic heterocycles. The molecule has 2 aliphatic carbocycles. The third kappa shape index (κ3) is 5.39. The molecule has 0 N–H and O–H groups in total. The normalized spacial score (nSPS) is 13.9. The summed E-state index contributed by atoms with van der Waals surface area (Å²) in [6.07, 6.45) is 0. The van der Waals surface area contributed by atoms with Gasteiger partial charge in [0.2, 0.25) is 0 Å². The summed E-state index contributed by atoms with van der Waals surface area (Å²) in [5, 5.41) is 7.70. The van der Waals surface area contributed by atoms with Gasteiger partial charge in [0.05, 0.1) is 11.1 Å². The topological polar surface area (TPSA) is 3.24 Å². The Bertz CT molecular complexity index is 3620. The molecule has 11 aromatic rings. The molecule has 13 rings (SSSR count). The lowest BCUT2D eigenvalue weighted by Crippen LogP contribution is -2.28. The number of hydrogen-bond donors (Lipinski definition) is 0. The van der Waals surface area contributed by atoms with Crippen LogP contribution in [0.25, 0.3) is 65.7 Å². The number of hydrogen-bond acceptors (Lipinski definition) is 1. The van der Waals surface area contributed by atoms with E-state index < -0.39 is 5.41 Å². The average molecular weight is 828 g/mol. The van der Waals surface area contributed by atoms with Crippen LogP contribution in [-0.4, -0.2) is 0 Å². The fourth-order valence-corrected chi connectivity index (χ4v) is 11.9. The van der Waals surface area contributed by atoms with Crippen LogP contribution >= 0.6 is 0 Å². The third-order valence-corrected chi connectivity index (χ3v) is 14.7. The lowest BCUT2D eigenvalue weighted by Gasteiger charge is -2.36. The van der Waals surface area contributed by atoms with Gasteiger partial charge in [-0.3, -0.25) is 0 Å². The molecule has 1 heteroatoms. The molecule has 0 saturated carbocycles. The molecule has 306 valence electrons. The molecule has 11 aromatic carbocycles. The van der Waals surface area contributed by atoms with Crippen molar-refractivity contribution in [1.29, 1.82) is 0 Å². The first kappa shape index (κ1) is 37.5. The monoisotopic (exact) mass is 827 g/mol. The Morgan fingerprint density at radius 3 is 1.48 bits per heavy atom. The highest BCUT2D eigenvalue weighted by Crippen LogP contribution is 2.59. The van der Waals surface area contributed by atoms with E-state index in [1.807, 2.05) is 0 Å². The molecule has 0 saturated heterocycles. The summed E-state index contributed by atoms with van der Waals surface area (Å²) in [6.45, 7) is 4.79. The first-order chi connectivity index (χ1) is 32.0. The summed E-state index contributed by atoms with van der Waals surface area (Å²) >= 11 is 0. The maximum atomic E-state index is 2.55. The SMILES string of the molecule is CC1(C)c2ccccc2-c2cccc(N(c3cccc(-c4ccc5c6ccccc6c6ccccc6c5c4)c3)c3ccc4c(c3)C(c3ccccc3)(c3ccccc3)c3ccccc3-4)c21. The quantitative estimate of drug-likeness (QED) is 0.151. The Labute approximate surface area is 380 Å². The minimum absolute atomic E-state index is 0.231. The average Bonchev–Trinajstić information content (AvgIpc) is 3.80. The number of rotatable bonds is 6. The summed E-state index contributed by atoms with van der Waals surface area (Å²) in [5.74, 6) is 0. The van der Waals surface area contributed by atoms with E-state index in [0.29, 0.717) is 0 Å². The van der Waals surface area contributed by atoms with Crippen LogP contribution < -0.4 is 4.90 Å². The fraction of sp³-hybridized carbons (Fsp3) is 0.0625. The summed E-state index contributed by atoms with van der Waals surface area (Å²) in [6, 6.07) is 88.4. The molecule has 65 heavy (non-hydrogen) atoms. The van der Waals surface area contributed by atoms with Crippen LogP contribution in [0.5, 0.6) is 0 Å². The Balaban J connectivity index is 1.07. The van der Waals surface area contributed by atoms with Crippen LogP contribution in [0.4, 0.5) is 17.1 Å². The largest absolute Gasteiger partial charge is 0.310 e. The predicted molar refractivity (Wildman–Crippen MR) is 274 cm³/mol. The molecule has 0 fully saturated rings. The second-order valence-electron chi connectivity index (χ2n) is 18.4. The zero-order valence-electron chi connectivity index (χ0n) is 36.5. The van der Waals surface area contributed by atoms with E-state index in [0.717, 1.165) is 11.4 Å². The molecule has 0 radical (unpaired) electrons.